The Hall–Kier alpha value is -1.79. The molecule has 7 nitrogen and oxygen atoms in total. The summed E-state index contributed by atoms with van der Waals surface area (Å²) in [6.45, 7) is 4.87. The molecule has 2 amide bonds. The fourth-order valence-corrected chi connectivity index (χ4v) is 2.36. The molecule has 0 aromatic rings. The van der Waals surface area contributed by atoms with Crippen molar-refractivity contribution in [1.82, 2.24) is 10.2 Å². The summed E-state index contributed by atoms with van der Waals surface area (Å²) in [6.07, 6.45) is 2.19. The fraction of sp³-hybridized carbons (Fsp3) is 0.786. The first-order chi connectivity index (χ1) is 9.99. The predicted octanol–water partition coefficient (Wildman–Crippen LogP) is 1.22. The first-order valence-electron chi connectivity index (χ1n) is 7.44. The molecule has 21 heavy (non-hydrogen) atoms. The molecule has 1 aliphatic rings. The molecule has 7 heteroatoms. The van der Waals surface area contributed by atoms with E-state index in [2.05, 4.69) is 5.32 Å². The van der Waals surface area contributed by atoms with Crippen LogP contribution in [0, 0.1) is 5.92 Å². The highest BCUT2D eigenvalue weighted by molar-refractivity contribution is 5.82. The van der Waals surface area contributed by atoms with E-state index >= 15 is 0 Å². The van der Waals surface area contributed by atoms with Gasteiger partial charge in [-0.3, -0.25) is 4.79 Å². The minimum atomic E-state index is -1.02. The number of rotatable bonds is 6. The van der Waals surface area contributed by atoms with Gasteiger partial charge in [-0.1, -0.05) is 13.3 Å². The third kappa shape index (κ3) is 5.24. The van der Waals surface area contributed by atoms with Crippen LogP contribution in [0.2, 0.25) is 0 Å². The molecule has 0 aromatic heterocycles. The molecule has 0 bridgehead atoms. The van der Waals surface area contributed by atoms with Gasteiger partial charge in [-0.2, -0.15) is 0 Å². The highest BCUT2D eigenvalue weighted by Crippen LogP contribution is 2.18. The summed E-state index contributed by atoms with van der Waals surface area (Å²) < 4.78 is 4.97. The van der Waals surface area contributed by atoms with E-state index < -0.39 is 12.0 Å². The van der Waals surface area contributed by atoms with Gasteiger partial charge in [0.05, 0.1) is 12.5 Å². The van der Waals surface area contributed by atoms with Crippen LogP contribution < -0.4 is 5.32 Å². The number of likely N-dealkylation sites (tertiary alicyclic amines) is 1. The number of nitrogens with one attached hydrogen (secondary N) is 1. The molecular weight excluding hydrogens is 276 g/mol. The first kappa shape index (κ1) is 17.3. The van der Waals surface area contributed by atoms with Crippen molar-refractivity contribution in [1.29, 1.82) is 0 Å². The van der Waals surface area contributed by atoms with Gasteiger partial charge in [0, 0.05) is 13.1 Å². The van der Waals surface area contributed by atoms with Crippen LogP contribution in [-0.4, -0.2) is 53.7 Å². The van der Waals surface area contributed by atoms with Gasteiger partial charge in [0.25, 0.3) is 0 Å². The Bertz CT molecular complexity index is 378. The number of esters is 1. The van der Waals surface area contributed by atoms with Crippen LogP contribution in [0.5, 0.6) is 0 Å². The number of amides is 2. The number of carboxylic acid groups (broad SMARTS) is 1. The Morgan fingerprint density at radius 2 is 1.90 bits per heavy atom. The summed E-state index contributed by atoms with van der Waals surface area (Å²) in [7, 11) is 0. The van der Waals surface area contributed by atoms with Gasteiger partial charge in [-0.15, -0.1) is 0 Å². The average molecular weight is 300 g/mol. The first-order valence-corrected chi connectivity index (χ1v) is 7.44. The second-order valence-corrected chi connectivity index (χ2v) is 5.14. The minimum Gasteiger partial charge on any atom is -0.480 e. The third-order valence-corrected chi connectivity index (χ3v) is 3.58. The zero-order valence-electron chi connectivity index (χ0n) is 12.6. The van der Waals surface area contributed by atoms with E-state index in [1.165, 1.54) is 0 Å². The minimum absolute atomic E-state index is 0.167. The van der Waals surface area contributed by atoms with Crippen molar-refractivity contribution < 1.29 is 24.2 Å². The van der Waals surface area contributed by atoms with E-state index in [4.69, 9.17) is 9.84 Å². The number of carbonyl (C=O) groups excluding carboxylic acids is 2. The Kier molecular flexibility index (Phi) is 6.98. The lowest BCUT2D eigenvalue weighted by molar-refractivity contribution is -0.149. The van der Waals surface area contributed by atoms with Crippen molar-refractivity contribution in [2.75, 3.05) is 19.7 Å². The van der Waals surface area contributed by atoms with Gasteiger partial charge in [-0.25, -0.2) is 9.59 Å². The Balaban J connectivity index is 2.44. The van der Waals surface area contributed by atoms with Gasteiger partial charge in [0.2, 0.25) is 0 Å². The largest absolute Gasteiger partial charge is 0.480 e. The van der Waals surface area contributed by atoms with Gasteiger partial charge in [0.15, 0.2) is 0 Å². The number of carboxylic acids is 1. The maximum atomic E-state index is 12.0. The van der Waals surface area contributed by atoms with E-state index in [0.29, 0.717) is 45.4 Å². The molecule has 1 aliphatic heterocycles. The van der Waals surface area contributed by atoms with Crippen molar-refractivity contribution in [3.05, 3.63) is 0 Å². The lowest BCUT2D eigenvalue weighted by Crippen LogP contribution is -2.50. The summed E-state index contributed by atoms with van der Waals surface area (Å²) >= 11 is 0. The molecule has 0 aromatic carbocycles. The number of aliphatic carboxylic acids is 1. The van der Waals surface area contributed by atoms with E-state index in [0.717, 1.165) is 0 Å². The summed E-state index contributed by atoms with van der Waals surface area (Å²) in [4.78, 5) is 36.2. The van der Waals surface area contributed by atoms with Crippen LogP contribution in [0.4, 0.5) is 4.79 Å². The Morgan fingerprint density at radius 1 is 1.29 bits per heavy atom. The van der Waals surface area contributed by atoms with Gasteiger partial charge in [0.1, 0.15) is 6.04 Å². The Labute approximate surface area is 124 Å². The molecule has 120 valence electrons. The maximum Gasteiger partial charge on any atom is 0.326 e. The second-order valence-electron chi connectivity index (χ2n) is 5.14. The number of urea groups is 1. The molecule has 0 unspecified atom stereocenters. The van der Waals surface area contributed by atoms with Crippen LogP contribution in [0.25, 0.3) is 0 Å². The smallest absolute Gasteiger partial charge is 0.326 e. The van der Waals surface area contributed by atoms with Crippen LogP contribution >= 0.6 is 0 Å². The Morgan fingerprint density at radius 3 is 2.38 bits per heavy atom. The molecule has 1 fully saturated rings. The fourth-order valence-electron chi connectivity index (χ4n) is 2.36. The number of hydrogen-bond donors (Lipinski definition) is 2. The zero-order valence-corrected chi connectivity index (χ0v) is 12.6. The number of carbonyl (C=O) groups is 3. The van der Waals surface area contributed by atoms with E-state index in [9.17, 15) is 14.4 Å². The van der Waals surface area contributed by atoms with E-state index in [1.54, 1.807) is 11.8 Å². The molecule has 0 spiro atoms. The van der Waals surface area contributed by atoms with Gasteiger partial charge >= 0.3 is 18.0 Å². The average Bonchev–Trinajstić information content (AvgIpc) is 2.47. The van der Waals surface area contributed by atoms with Crippen LogP contribution in [0.15, 0.2) is 0 Å². The summed E-state index contributed by atoms with van der Waals surface area (Å²) in [6, 6.07) is -1.23. The monoisotopic (exact) mass is 300 g/mol. The topological polar surface area (TPSA) is 95.9 Å². The molecule has 1 atom stereocenters. The van der Waals surface area contributed by atoms with Crippen molar-refractivity contribution in [2.24, 2.45) is 5.92 Å². The van der Waals surface area contributed by atoms with Crippen LogP contribution in [-0.2, 0) is 14.3 Å². The lowest BCUT2D eigenvalue weighted by atomic mass is 9.97. The zero-order chi connectivity index (χ0) is 15.8. The summed E-state index contributed by atoms with van der Waals surface area (Å²) in [5.41, 5.74) is 0. The molecule has 0 aliphatic carbocycles. The standard InChI is InChI=1S/C14H24N2O5/c1-3-5-11(12(17)18)15-14(20)16-8-6-10(7-9-16)13(19)21-4-2/h10-11H,3-9H2,1-2H3,(H,15,20)(H,17,18)/t11-/m1/s1. The quantitative estimate of drug-likeness (QED) is 0.719. The molecule has 1 heterocycles. The molecule has 2 N–H and O–H groups in total. The van der Waals surface area contributed by atoms with Gasteiger partial charge < -0.3 is 20.1 Å². The van der Waals surface area contributed by atoms with E-state index in [1.807, 2.05) is 6.92 Å². The maximum absolute atomic E-state index is 12.0. The SMILES string of the molecule is CCC[C@@H](NC(=O)N1CCC(C(=O)OCC)CC1)C(=O)O. The molecule has 0 saturated carbocycles. The summed E-state index contributed by atoms with van der Waals surface area (Å²) in [5, 5.41) is 11.6. The molecule has 1 rings (SSSR count). The summed E-state index contributed by atoms with van der Waals surface area (Å²) in [5.74, 6) is -1.40. The third-order valence-electron chi connectivity index (χ3n) is 3.58. The number of nitrogens with zero attached hydrogens (tertiary/aromatic N) is 1. The molecular formula is C14H24N2O5. The predicted molar refractivity (Wildman–Crippen MR) is 75.8 cm³/mol. The highest BCUT2D eigenvalue weighted by atomic mass is 16.5. The van der Waals surface area contributed by atoms with Crippen molar-refractivity contribution >= 4 is 18.0 Å². The number of ether oxygens (including phenoxy) is 1. The van der Waals surface area contributed by atoms with Gasteiger partial charge in [-0.05, 0) is 26.2 Å². The second kappa shape index (κ2) is 8.49. The van der Waals surface area contributed by atoms with Crippen LogP contribution in [0.3, 0.4) is 0 Å². The van der Waals surface area contributed by atoms with Crippen molar-refractivity contribution in [2.45, 2.75) is 45.6 Å². The molecule has 1 saturated heterocycles. The normalized spacial score (nSPS) is 17.1. The highest BCUT2D eigenvalue weighted by Gasteiger charge is 2.29. The van der Waals surface area contributed by atoms with Crippen molar-refractivity contribution in [3.8, 4) is 0 Å². The van der Waals surface area contributed by atoms with Crippen molar-refractivity contribution in [3.63, 3.8) is 0 Å². The molecule has 0 radical (unpaired) electrons. The lowest BCUT2D eigenvalue weighted by Gasteiger charge is -2.31. The van der Waals surface area contributed by atoms with Crippen LogP contribution in [0.1, 0.15) is 39.5 Å². The van der Waals surface area contributed by atoms with E-state index in [-0.39, 0.29) is 17.9 Å². The number of piperidine rings is 1. The number of hydrogen-bond acceptors (Lipinski definition) is 4.